The Morgan fingerprint density at radius 2 is 2.03 bits per heavy atom. The maximum Gasteiger partial charge on any atom is 0.303 e. The summed E-state index contributed by atoms with van der Waals surface area (Å²) in [6.45, 7) is 1.11. The quantitative estimate of drug-likeness (QED) is 0.567. The van der Waals surface area contributed by atoms with Crippen molar-refractivity contribution in [1.82, 2.24) is 15.2 Å². The van der Waals surface area contributed by atoms with Gasteiger partial charge in [-0.15, -0.1) is 0 Å². The van der Waals surface area contributed by atoms with Crippen LogP contribution in [0.1, 0.15) is 24.8 Å². The van der Waals surface area contributed by atoms with Gasteiger partial charge >= 0.3 is 5.97 Å². The molecule has 2 heterocycles. The lowest BCUT2D eigenvalue weighted by Crippen LogP contribution is -2.26. The highest BCUT2D eigenvalue weighted by Crippen LogP contribution is 2.26. The van der Waals surface area contributed by atoms with Crippen LogP contribution in [0.15, 0.2) is 42.6 Å². The number of carbonyl (C=O) groups is 3. The molecule has 0 saturated carbocycles. The average molecular weight is 447 g/mol. The minimum atomic E-state index is -0.900. The lowest BCUT2D eigenvalue weighted by atomic mass is 10.2. The minimum absolute atomic E-state index is 0.00238. The summed E-state index contributed by atoms with van der Waals surface area (Å²) in [5.74, 6) is -0.460. The molecule has 1 aromatic heterocycles. The first-order valence-corrected chi connectivity index (χ1v) is 10.6. The number of halogens is 1. The second kappa shape index (κ2) is 10.8. The molecule has 0 unspecified atom stereocenters. The van der Waals surface area contributed by atoms with E-state index in [0.717, 1.165) is 17.3 Å². The Morgan fingerprint density at radius 3 is 2.71 bits per heavy atom. The summed E-state index contributed by atoms with van der Waals surface area (Å²) in [6.07, 6.45) is 2.25. The van der Waals surface area contributed by atoms with Crippen molar-refractivity contribution in [3.05, 3.63) is 54.0 Å². The van der Waals surface area contributed by atoms with E-state index < -0.39 is 5.97 Å². The zero-order chi connectivity index (χ0) is 22.2. The topological polar surface area (TPSA) is 109 Å². The van der Waals surface area contributed by atoms with E-state index in [2.05, 4.69) is 10.3 Å². The number of pyridine rings is 1. The highest BCUT2D eigenvalue weighted by molar-refractivity contribution is 8.14. The SMILES string of the molecule is O=C(O)CCCNC(=O)S[C@@H]1CC(=O)N(Cc2ccc(Oc3ccc(F)cc3)nc2)C1. The molecule has 0 radical (unpaired) electrons. The molecule has 1 aliphatic heterocycles. The summed E-state index contributed by atoms with van der Waals surface area (Å²) in [6, 6.07) is 9.09. The predicted molar refractivity (Wildman–Crippen MR) is 112 cm³/mol. The number of thioether (sulfide) groups is 1. The second-order valence-electron chi connectivity index (χ2n) is 6.99. The Bertz CT molecular complexity index is 924. The number of amides is 2. The first-order valence-electron chi connectivity index (χ1n) is 9.71. The number of hydrogen-bond acceptors (Lipinski definition) is 6. The van der Waals surface area contributed by atoms with Crippen LogP contribution in [0.2, 0.25) is 0 Å². The van der Waals surface area contributed by atoms with Gasteiger partial charge in [-0.3, -0.25) is 14.4 Å². The highest BCUT2D eigenvalue weighted by atomic mass is 32.2. The molecule has 2 aromatic rings. The van der Waals surface area contributed by atoms with Crippen molar-refractivity contribution in [3.63, 3.8) is 0 Å². The maximum absolute atomic E-state index is 13.0. The van der Waals surface area contributed by atoms with Gasteiger partial charge in [0.25, 0.3) is 5.24 Å². The fourth-order valence-corrected chi connectivity index (χ4v) is 3.97. The van der Waals surface area contributed by atoms with Gasteiger partial charge in [-0.2, -0.15) is 0 Å². The van der Waals surface area contributed by atoms with Gasteiger partial charge in [0.1, 0.15) is 11.6 Å². The number of ether oxygens (including phenoxy) is 1. The molecule has 0 bridgehead atoms. The largest absolute Gasteiger partial charge is 0.481 e. The number of carbonyl (C=O) groups excluding carboxylic acids is 2. The van der Waals surface area contributed by atoms with Crippen molar-refractivity contribution < 1.29 is 28.6 Å². The van der Waals surface area contributed by atoms with E-state index in [1.54, 1.807) is 23.2 Å². The number of carboxylic acid groups (broad SMARTS) is 1. The summed E-state index contributed by atoms with van der Waals surface area (Å²) in [7, 11) is 0. The number of aromatic nitrogens is 1. The van der Waals surface area contributed by atoms with Crippen LogP contribution < -0.4 is 10.1 Å². The molecule has 2 amide bonds. The Hall–Kier alpha value is -3.14. The van der Waals surface area contributed by atoms with Crippen LogP contribution in [-0.4, -0.2) is 50.4 Å². The van der Waals surface area contributed by atoms with Crippen LogP contribution in [0.4, 0.5) is 9.18 Å². The van der Waals surface area contributed by atoms with Crippen molar-refractivity contribution in [2.24, 2.45) is 0 Å². The van der Waals surface area contributed by atoms with Gasteiger partial charge in [0.2, 0.25) is 11.8 Å². The summed E-state index contributed by atoms with van der Waals surface area (Å²) < 4.78 is 18.5. The zero-order valence-corrected chi connectivity index (χ0v) is 17.4. The van der Waals surface area contributed by atoms with E-state index >= 15 is 0 Å². The molecular weight excluding hydrogens is 425 g/mol. The van der Waals surface area contributed by atoms with Crippen LogP contribution in [0.25, 0.3) is 0 Å². The van der Waals surface area contributed by atoms with Crippen molar-refractivity contribution in [3.8, 4) is 11.6 Å². The first-order chi connectivity index (χ1) is 14.9. The molecule has 1 fully saturated rings. The number of nitrogens with one attached hydrogen (secondary N) is 1. The highest BCUT2D eigenvalue weighted by Gasteiger charge is 2.31. The molecule has 31 heavy (non-hydrogen) atoms. The fourth-order valence-electron chi connectivity index (χ4n) is 3.00. The summed E-state index contributed by atoms with van der Waals surface area (Å²) >= 11 is 1.07. The number of nitrogens with zero attached hydrogens (tertiary/aromatic N) is 2. The van der Waals surface area contributed by atoms with Crippen LogP contribution >= 0.6 is 11.8 Å². The molecule has 1 saturated heterocycles. The third kappa shape index (κ3) is 7.25. The van der Waals surface area contributed by atoms with Crippen molar-refractivity contribution in [1.29, 1.82) is 0 Å². The van der Waals surface area contributed by atoms with E-state index in [-0.39, 0.29) is 35.1 Å². The van der Waals surface area contributed by atoms with Gasteiger partial charge in [0.05, 0.1) is 0 Å². The molecule has 3 rings (SSSR count). The van der Waals surface area contributed by atoms with Crippen molar-refractivity contribution in [2.45, 2.75) is 31.1 Å². The number of benzene rings is 1. The van der Waals surface area contributed by atoms with Gasteiger partial charge < -0.3 is 20.1 Å². The Balaban J connectivity index is 1.44. The lowest BCUT2D eigenvalue weighted by molar-refractivity contribution is -0.137. The van der Waals surface area contributed by atoms with Crippen molar-refractivity contribution >= 4 is 28.9 Å². The standard InChI is InChI=1S/C21H22FN3O5S/c22-15-4-6-16(7-5-15)30-18-8-3-14(11-24-18)12-25-13-17(10-19(25)26)31-21(29)23-9-1-2-20(27)28/h3-8,11,17H,1-2,9-10,12-13H2,(H,23,29)(H,27,28)/t17-/m1/s1. The van der Waals surface area contributed by atoms with Crippen LogP contribution in [0, 0.1) is 5.82 Å². The molecule has 0 spiro atoms. The van der Waals surface area contributed by atoms with E-state index in [9.17, 15) is 18.8 Å². The number of carboxylic acids is 1. The fraction of sp³-hybridized carbons (Fsp3) is 0.333. The van der Waals surface area contributed by atoms with Gasteiger partial charge in [0.15, 0.2) is 0 Å². The van der Waals surface area contributed by atoms with Gasteiger partial charge in [0, 0.05) is 50.0 Å². The molecule has 1 aliphatic rings. The summed E-state index contributed by atoms with van der Waals surface area (Å²) in [5, 5.41) is 10.8. The van der Waals surface area contributed by atoms with Crippen LogP contribution in [0.3, 0.4) is 0 Å². The molecule has 8 nitrogen and oxygen atoms in total. The zero-order valence-electron chi connectivity index (χ0n) is 16.6. The smallest absolute Gasteiger partial charge is 0.303 e. The third-order valence-corrected chi connectivity index (χ3v) is 5.50. The molecular formula is C21H22FN3O5S. The summed E-state index contributed by atoms with van der Waals surface area (Å²) in [4.78, 5) is 40.6. The van der Waals surface area contributed by atoms with Crippen molar-refractivity contribution in [2.75, 3.05) is 13.1 Å². The van der Waals surface area contributed by atoms with E-state index in [1.165, 1.54) is 24.3 Å². The van der Waals surface area contributed by atoms with Gasteiger partial charge in [-0.1, -0.05) is 17.8 Å². The molecule has 0 aliphatic carbocycles. The Kier molecular flexibility index (Phi) is 7.82. The Labute approximate surface area is 182 Å². The number of hydrogen-bond donors (Lipinski definition) is 2. The number of rotatable bonds is 9. The van der Waals surface area contributed by atoms with E-state index in [1.807, 2.05) is 0 Å². The summed E-state index contributed by atoms with van der Waals surface area (Å²) in [5.41, 5.74) is 0.823. The van der Waals surface area contributed by atoms with Crippen LogP contribution in [-0.2, 0) is 16.1 Å². The van der Waals surface area contributed by atoms with Crippen LogP contribution in [0.5, 0.6) is 11.6 Å². The minimum Gasteiger partial charge on any atom is -0.481 e. The molecule has 2 N–H and O–H groups in total. The number of likely N-dealkylation sites (tertiary alicyclic amines) is 1. The second-order valence-corrected chi connectivity index (χ2v) is 8.26. The normalized spacial score (nSPS) is 15.7. The van der Waals surface area contributed by atoms with Gasteiger partial charge in [-0.05, 0) is 36.2 Å². The first kappa shape index (κ1) is 22.5. The lowest BCUT2D eigenvalue weighted by Gasteiger charge is -2.16. The molecule has 164 valence electrons. The predicted octanol–water partition coefficient (Wildman–Crippen LogP) is 3.42. The number of aliphatic carboxylic acids is 1. The average Bonchev–Trinajstić information content (AvgIpc) is 3.07. The van der Waals surface area contributed by atoms with E-state index in [0.29, 0.717) is 37.7 Å². The molecule has 1 aromatic carbocycles. The third-order valence-electron chi connectivity index (χ3n) is 4.50. The monoisotopic (exact) mass is 447 g/mol. The molecule has 1 atom stereocenters. The maximum atomic E-state index is 13.0. The Morgan fingerprint density at radius 1 is 1.26 bits per heavy atom. The van der Waals surface area contributed by atoms with E-state index in [4.69, 9.17) is 9.84 Å². The van der Waals surface area contributed by atoms with Gasteiger partial charge in [-0.25, -0.2) is 9.37 Å². The molecule has 10 heteroatoms.